The van der Waals surface area contributed by atoms with Gasteiger partial charge in [-0.05, 0) is 18.6 Å². The number of halogens is 2. The molecule has 0 radical (unpaired) electrons. The van der Waals surface area contributed by atoms with Crippen molar-refractivity contribution >= 4 is 28.9 Å². The van der Waals surface area contributed by atoms with Crippen molar-refractivity contribution in [3.8, 4) is 0 Å². The van der Waals surface area contributed by atoms with E-state index in [1.165, 1.54) is 24.3 Å². The zero-order chi connectivity index (χ0) is 15.8. The molecule has 0 fully saturated rings. The van der Waals surface area contributed by atoms with Crippen LogP contribution in [0, 0.1) is 10.8 Å². The largest absolute Gasteiger partial charge is 0.481 e. The monoisotopic (exact) mass is 316 g/mol. The molecule has 0 saturated carbocycles. The van der Waals surface area contributed by atoms with Gasteiger partial charge < -0.3 is 9.84 Å². The van der Waals surface area contributed by atoms with Crippen LogP contribution in [-0.4, -0.2) is 28.0 Å². The van der Waals surface area contributed by atoms with Crippen LogP contribution in [-0.2, 0) is 9.53 Å². The van der Waals surface area contributed by atoms with E-state index in [0.717, 1.165) is 11.8 Å². The summed E-state index contributed by atoms with van der Waals surface area (Å²) in [7, 11) is 0. The molecule has 0 aliphatic heterocycles. The Bertz CT molecular complexity index is 521. The highest BCUT2D eigenvalue weighted by molar-refractivity contribution is 8.13. The fraction of sp³-hybridized carbons (Fsp3) is 0.308. The second-order valence-corrected chi connectivity index (χ2v) is 5.05. The Morgan fingerprint density at radius 2 is 1.90 bits per heavy atom. The molecule has 0 aromatic heterocycles. The molecular formula is C13H14F2N2O3S. The van der Waals surface area contributed by atoms with Gasteiger partial charge in [0.05, 0.1) is 0 Å². The number of carboxylic acid groups (broad SMARTS) is 1. The topological polar surface area (TPSA) is 94.2 Å². The number of carbonyl (C=O) groups is 1. The SMILES string of the molecule is N=C(OC(=N)c1ccc(C(F)F)cc1)SCCCC(=O)O. The Balaban J connectivity index is 2.41. The third-order valence-corrected chi connectivity index (χ3v) is 3.23. The first-order chi connectivity index (χ1) is 9.90. The Morgan fingerprint density at radius 3 is 2.43 bits per heavy atom. The summed E-state index contributed by atoms with van der Waals surface area (Å²) in [4.78, 5) is 10.3. The third kappa shape index (κ3) is 6.35. The molecule has 3 N–H and O–H groups in total. The molecule has 0 heterocycles. The molecule has 8 heteroatoms. The van der Waals surface area contributed by atoms with Crippen molar-refractivity contribution in [3.63, 3.8) is 0 Å². The average molecular weight is 316 g/mol. The molecule has 0 unspecified atom stereocenters. The van der Waals surface area contributed by atoms with Crippen LogP contribution in [0.3, 0.4) is 0 Å². The number of hydrogen-bond acceptors (Lipinski definition) is 5. The van der Waals surface area contributed by atoms with Crippen LogP contribution < -0.4 is 0 Å². The lowest BCUT2D eigenvalue weighted by atomic mass is 10.1. The predicted octanol–water partition coefficient (Wildman–Crippen LogP) is 3.50. The van der Waals surface area contributed by atoms with Gasteiger partial charge in [-0.3, -0.25) is 15.6 Å². The van der Waals surface area contributed by atoms with Crippen molar-refractivity contribution in [3.05, 3.63) is 35.4 Å². The zero-order valence-corrected chi connectivity index (χ0v) is 11.8. The molecule has 1 rings (SSSR count). The minimum Gasteiger partial charge on any atom is -0.481 e. The summed E-state index contributed by atoms with van der Waals surface area (Å²) in [5, 5.41) is 23.3. The van der Waals surface area contributed by atoms with E-state index >= 15 is 0 Å². The maximum atomic E-state index is 12.4. The zero-order valence-electron chi connectivity index (χ0n) is 10.9. The van der Waals surface area contributed by atoms with E-state index in [1.807, 2.05) is 0 Å². The molecule has 0 amide bonds. The van der Waals surface area contributed by atoms with Gasteiger partial charge in [0.25, 0.3) is 6.43 Å². The van der Waals surface area contributed by atoms with Gasteiger partial charge in [0, 0.05) is 23.3 Å². The van der Waals surface area contributed by atoms with Crippen LogP contribution in [0.2, 0.25) is 0 Å². The first-order valence-electron chi connectivity index (χ1n) is 5.98. The Morgan fingerprint density at radius 1 is 1.29 bits per heavy atom. The highest BCUT2D eigenvalue weighted by Crippen LogP contribution is 2.19. The van der Waals surface area contributed by atoms with Gasteiger partial charge >= 0.3 is 5.97 Å². The van der Waals surface area contributed by atoms with Gasteiger partial charge in [-0.25, -0.2) is 8.78 Å². The highest BCUT2D eigenvalue weighted by Gasteiger charge is 2.10. The summed E-state index contributed by atoms with van der Waals surface area (Å²) in [6, 6.07) is 5.04. The Labute approximate surface area is 124 Å². The van der Waals surface area contributed by atoms with E-state index in [0.29, 0.717) is 12.2 Å². The van der Waals surface area contributed by atoms with E-state index in [4.69, 9.17) is 20.7 Å². The molecule has 1 aromatic rings. The quantitative estimate of drug-likeness (QED) is 0.425. The third-order valence-electron chi connectivity index (χ3n) is 2.39. The minimum absolute atomic E-state index is 0.00676. The first-order valence-corrected chi connectivity index (χ1v) is 6.96. The van der Waals surface area contributed by atoms with Crippen LogP contribution in [0.1, 0.15) is 30.4 Å². The molecule has 0 bridgehead atoms. The molecule has 21 heavy (non-hydrogen) atoms. The number of rotatable bonds is 6. The van der Waals surface area contributed by atoms with E-state index < -0.39 is 12.4 Å². The summed E-state index contributed by atoms with van der Waals surface area (Å²) in [6.07, 6.45) is -2.17. The minimum atomic E-state index is -2.57. The Kier molecular flexibility index (Phi) is 6.80. The van der Waals surface area contributed by atoms with Gasteiger partial charge in [-0.2, -0.15) is 0 Å². The van der Waals surface area contributed by atoms with Crippen LogP contribution in [0.15, 0.2) is 24.3 Å². The molecule has 0 aliphatic rings. The first kappa shape index (κ1) is 17.1. The smallest absolute Gasteiger partial charge is 0.303 e. The fourth-order valence-electron chi connectivity index (χ4n) is 1.35. The molecule has 0 spiro atoms. The van der Waals surface area contributed by atoms with Crippen molar-refractivity contribution in [1.82, 2.24) is 0 Å². The Hall–Kier alpha value is -1.96. The van der Waals surface area contributed by atoms with Gasteiger partial charge in [0.15, 0.2) is 0 Å². The van der Waals surface area contributed by atoms with Crippen molar-refractivity contribution in [2.45, 2.75) is 19.3 Å². The highest BCUT2D eigenvalue weighted by atomic mass is 32.2. The maximum absolute atomic E-state index is 12.4. The van der Waals surface area contributed by atoms with Crippen LogP contribution in [0.25, 0.3) is 0 Å². The molecule has 0 aliphatic carbocycles. The van der Waals surface area contributed by atoms with E-state index in [1.54, 1.807) is 0 Å². The summed E-state index contributed by atoms with van der Waals surface area (Å²) >= 11 is 0.986. The van der Waals surface area contributed by atoms with Gasteiger partial charge in [0.2, 0.25) is 11.1 Å². The predicted molar refractivity (Wildman–Crippen MR) is 76.4 cm³/mol. The van der Waals surface area contributed by atoms with E-state index in [-0.39, 0.29) is 28.7 Å². The number of ether oxygens (including phenoxy) is 1. The lowest BCUT2D eigenvalue weighted by Crippen LogP contribution is -2.10. The molecular weight excluding hydrogens is 302 g/mol. The number of hydrogen-bond donors (Lipinski definition) is 3. The lowest BCUT2D eigenvalue weighted by molar-refractivity contribution is -0.137. The molecule has 0 atom stereocenters. The number of nitrogens with one attached hydrogen (secondary N) is 2. The molecule has 5 nitrogen and oxygen atoms in total. The second-order valence-electron chi connectivity index (χ2n) is 3.99. The number of aliphatic carboxylic acids is 1. The number of thioether (sulfide) groups is 1. The maximum Gasteiger partial charge on any atom is 0.303 e. The van der Waals surface area contributed by atoms with Crippen LogP contribution in [0.4, 0.5) is 8.78 Å². The summed E-state index contributed by atoms with van der Waals surface area (Å²) < 4.78 is 29.7. The van der Waals surface area contributed by atoms with Crippen molar-refractivity contribution in [1.29, 1.82) is 10.8 Å². The van der Waals surface area contributed by atoms with Crippen molar-refractivity contribution < 1.29 is 23.4 Å². The fourth-order valence-corrected chi connectivity index (χ4v) is 1.97. The molecule has 1 aromatic carbocycles. The normalized spacial score (nSPS) is 10.4. The number of benzene rings is 1. The lowest BCUT2D eigenvalue weighted by Gasteiger charge is -2.08. The van der Waals surface area contributed by atoms with Crippen LogP contribution in [0.5, 0.6) is 0 Å². The second kappa shape index (κ2) is 8.35. The molecule has 0 saturated heterocycles. The van der Waals surface area contributed by atoms with Gasteiger partial charge in [-0.1, -0.05) is 23.9 Å². The summed E-state index contributed by atoms with van der Waals surface area (Å²) in [5.74, 6) is -0.829. The summed E-state index contributed by atoms with van der Waals surface area (Å²) in [5.41, 5.74) is 0.139. The average Bonchev–Trinajstić information content (AvgIpc) is 2.43. The van der Waals surface area contributed by atoms with Crippen molar-refractivity contribution in [2.75, 3.05) is 5.75 Å². The standard InChI is InChI=1S/C13H14F2N2O3S/c14-11(15)8-3-5-9(6-4-8)12(16)20-13(17)21-7-1-2-10(18)19/h3-6,11,16-17H,1-2,7H2,(H,18,19). The van der Waals surface area contributed by atoms with E-state index in [9.17, 15) is 13.6 Å². The van der Waals surface area contributed by atoms with Gasteiger partial charge in [-0.15, -0.1) is 0 Å². The number of carboxylic acids is 1. The van der Waals surface area contributed by atoms with Crippen molar-refractivity contribution in [2.24, 2.45) is 0 Å². The summed E-state index contributed by atoms with van der Waals surface area (Å²) in [6.45, 7) is 0. The molecule has 114 valence electrons. The van der Waals surface area contributed by atoms with Gasteiger partial charge in [0.1, 0.15) is 0 Å². The van der Waals surface area contributed by atoms with E-state index in [2.05, 4.69) is 0 Å². The number of alkyl halides is 2. The van der Waals surface area contributed by atoms with Crippen LogP contribution >= 0.6 is 11.8 Å².